The van der Waals surface area contributed by atoms with Gasteiger partial charge in [0.2, 0.25) is 0 Å². The molecule has 6 nitrogen and oxygen atoms in total. The topological polar surface area (TPSA) is 81.6 Å². The average molecular weight is 286 g/mol. The van der Waals surface area contributed by atoms with Crippen molar-refractivity contribution in [3.8, 4) is 11.1 Å². The van der Waals surface area contributed by atoms with Crippen molar-refractivity contribution in [2.75, 3.05) is 17.6 Å². The molecule has 0 atom stereocenters. The van der Waals surface area contributed by atoms with Gasteiger partial charge in [0.05, 0.1) is 18.3 Å². The molecule has 102 valence electrons. The Bertz CT molecular complexity index is 661. The van der Waals surface area contributed by atoms with Crippen LogP contribution >= 0.6 is 11.5 Å². The monoisotopic (exact) mass is 286 g/mol. The highest BCUT2D eigenvalue weighted by atomic mass is 32.1. The molecule has 20 heavy (non-hydrogen) atoms. The summed E-state index contributed by atoms with van der Waals surface area (Å²) >= 11 is 1.38. The van der Waals surface area contributed by atoms with Crippen molar-refractivity contribution >= 4 is 22.4 Å². The van der Waals surface area contributed by atoms with Gasteiger partial charge in [0, 0.05) is 12.7 Å². The zero-order chi connectivity index (χ0) is 13.8. The Hall–Kier alpha value is -2.41. The van der Waals surface area contributed by atoms with Gasteiger partial charge in [-0.3, -0.25) is 4.68 Å². The highest BCUT2D eigenvalue weighted by Gasteiger charge is 2.12. The Balaban J connectivity index is 1.74. The lowest BCUT2D eigenvalue weighted by atomic mass is 10.1. The first-order valence-corrected chi connectivity index (χ1v) is 7.00. The molecule has 2 heterocycles. The lowest BCUT2D eigenvalue weighted by molar-refractivity contribution is 0.609. The first-order valence-electron chi connectivity index (χ1n) is 6.23. The molecule has 0 aliphatic carbocycles. The van der Waals surface area contributed by atoms with Gasteiger partial charge < -0.3 is 11.1 Å². The maximum atomic E-state index is 5.97. The molecule has 0 saturated carbocycles. The summed E-state index contributed by atoms with van der Waals surface area (Å²) in [4.78, 5) is 0. The average Bonchev–Trinajstić information content (AvgIpc) is 3.10. The third kappa shape index (κ3) is 2.62. The van der Waals surface area contributed by atoms with Gasteiger partial charge in [0.1, 0.15) is 10.8 Å². The summed E-state index contributed by atoms with van der Waals surface area (Å²) in [7, 11) is 0. The molecule has 3 N–H and O–H groups in total. The minimum absolute atomic E-state index is 0.560. The number of nitrogens with two attached hydrogens (primary N) is 1. The summed E-state index contributed by atoms with van der Waals surface area (Å²) in [5.74, 6) is 0.560. The van der Waals surface area contributed by atoms with E-state index < -0.39 is 0 Å². The molecule has 0 bridgehead atoms. The summed E-state index contributed by atoms with van der Waals surface area (Å²) in [6.45, 7) is 1.48. The fourth-order valence-electron chi connectivity index (χ4n) is 1.94. The number of nitrogen functional groups attached to an aromatic ring is 1. The van der Waals surface area contributed by atoms with E-state index in [2.05, 4.69) is 20.0 Å². The van der Waals surface area contributed by atoms with E-state index in [0.29, 0.717) is 5.82 Å². The van der Waals surface area contributed by atoms with Crippen LogP contribution in [-0.2, 0) is 6.54 Å². The Morgan fingerprint density at radius 1 is 1.25 bits per heavy atom. The minimum Gasteiger partial charge on any atom is -0.382 e. The lowest BCUT2D eigenvalue weighted by Crippen LogP contribution is -2.10. The van der Waals surface area contributed by atoms with E-state index in [-0.39, 0.29) is 0 Å². The van der Waals surface area contributed by atoms with Crippen LogP contribution in [-0.4, -0.2) is 25.9 Å². The number of hydrogen-bond donors (Lipinski definition) is 2. The molecular formula is C13H14N6S. The molecule has 0 fully saturated rings. The first kappa shape index (κ1) is 12.6. The SMILES string of the molecule is Nc1nsc(NCCn2ccnn2)c1-c1ccccc1. The Morgan fingerprint density at radius 3 is 2.85 bits per heavy atom. The molecule has 2 aromatic heterocycles. The number of aromatic nitrogens is 4. The Morgan fingerprint density at radius 2 is 2.10 bits per heavy atom. The van der Waals surface area contributed by atoms with Crippen molar-refractivity contribution in [2.45, 2.75) is 6.54 Å². The quantitative estimate of drug-likeness (QED) is 0.750. The molecule has 0 saturated heterocycles. The van der Waals surface area contributed by atoms with Gasteiger partial charge in [-0.1, -0.05) is 35.5 Å². The van der Waals surface area contributed by atoms with Crippen molar-refractivity contribution in [3.63, 3.8) is 0 Å². The summed E-state index contributed by atoms with van der Waals surface area (Å²) in [6.07, 6.45) is 3.50. The van der Waals surface area contributed by atoms with E-state index in [1.165, 1.54) is 11.5 Å². The van der Waals surface area contributed by atoms with Crippen molar-refractivity contribution in [2.24, 2.45) is 0 Å². The number of nitrogens with zero attached hydrogens (tertiary/aromatic N) is 4. The van der Waals surface area contributed by atoms with Gasteiger partial charge in [-0.05, 0) is 17.1 Å². The number of nitrogens with one attached hydrogen (secondary N) is 1. The molecule has 1 aromatic carbocycles. The number of anilines is 2. The third-order valence-electron chi connectivity index (χ3n) is 2.88. The highest BCUT2D eigenvalue weighted by molar-refractivity contribution is 7.11. The van der Waals surface area contributed by atoms with E-state index in [0.717, 1.165) is 29.2 Å². The summed E-state index contributed by atoms with van der Waals surface area (Å²) in [5, 5.41) is 12.0. The van der Waals surface area contributed by atoms with Crippen molar-refractivity contribution in [3.05, 3.63) is 42.7 Å². The van der Waals surface area contributed by atoms with Crippen LogP contribution in [0.3, 0.4) is 0 Å². The first-order chi connectivity index (χ1) is 9.84. The minimum atomic E-state index is 0.560. The highest BCUT2D eigenvalue weighted by Crippen LogP contribution is 2.36. The van der Waals surface area contributed by atoms with Crippen LogP contribution in [0, 0.1) is 0 Å². The molecule has 0 unspecified atom stereocenters. The molecular weight excluding hydrogens is 272 g/mol. The predicted octanol–water partition coefficient (Wildman–Crippen LogP) is 2.10. The molecule has 0 aliphatic rings. The normalized spacial score (nSPS) is 10.6. The third-order valence-corrected chi connectivity index (χ3v) is 3.70. The van der Waals surface area contributed by atoms with Gasteiger partial charge >= 0.3 is 0 Å². The predicted molar refractivity (Wildman–Crippen MR) is 80.5 cm³/mol. The number of hydrogen-bond acceptors (Lipinski definition) is 6. The number of rotatable bonds is 5. The molecule has 7 heteroatoms. The summed E-state index contributed by atoms with van der Waals surface area (Å²) in [6, 6.07) is 10.0. The second kappa shape index (κ2) is 5.70. The maximum absolute atomic E-state index is 5.97. The largest absolute Gasteiger partial charge is 0.382 e. The molecule has 0 amide bonds. The second-order valence-corrected chi connectivity index (χ2v) is 5.00. The summed E-state index contributed by atoms with van der Waals surface area (Å²) < 4.78 is 6.01. The smallest absolute Gasteiger partial charge is 0.147 e. The van der Waals surface area contributed by atoms with Crippen LogP contribution in [0.2, 0.25) is 0 Å². The zero-order valence-electron chi connectivity index (χ0n) is 10.7. The maximum Gasteiger partial charge on any atom is 0.147 e. The lowest BCUT2D eigenvalue weighted by Gasteiger charge is -2.07. The Labute approximate surface area is 120 Å². The van der Waals surface area contributed by atoms with Crippen molar-refractivity contribution < 1.29 is 0 Å². The van der Waals surface area contributed by atoms with E-state index in [1.54, 1.807) is 10.9 Å². The van der Waals surface area contributed by atoms with E-state index in [1.807, 2.05) is 36.5 Å². The molecule has 3 rings (SSSR count). The van der Waals surface area contributed by atoms with Gasteiger partial charge in [0.15, 0.2) is 0 Å². The molecule has 0 aliphatic heterocycles. The van der Waals surface area contributed by atoms with Crippen LogP contribution in [0.25, 0.3) is 11.1 Å². The van der Waals surface area contributed by atoms with Crippen LogP contribution in [0.1, 0.15) is 0 Å². The standard InChI is InChI=1S/C13H14N6S/c14-12-11(10-4-2-1-3-5-10)13(20-17-12)15-6-8-19-9-7-16-18-19/h1-5,7,9,15H,6,8H2,(H2,14,17). The van der Waals surface area contributed by atoms with Gasteiger partial charge in [-0.25, -0.2) is 0 Å². The van der Waals surface area contributed by atoms with Crippen LogP contribution in [0.5, 0.6) is 0 Å². The second-order valence-electron chi connectivity index (χ2n) is 4.23. The van der Waals surface area contributed by atoms with E-state index >= 15 is 0 Å². The van der Waals surface area contributed by atoms with Crippen LogP contribution in [0.15, 0.2) is 42.7 Å². The van der Waals surface area contributed by atoms with Gasteiger partial charge in [-0.15, -0.1) is 5.10 Å². The van der Waals surface area contributed by atoms with Gasteiger partial charge in [-0.2, -0.15) is 4.37 Å². The van der Waals surface area contributed by atoms with Gasteiger partial charge in [0.25, 0.3) is 0 Å². The fraction of sp³-hybridized carbons (Fsp3) is 0.154. The van der Waals surface area contributed by atoms with Crippen molar-refractivity contribution in [1.29, 1.82) is 0 Å². The zero-order valence-corrected chi connectivity index (χ0v) is 11.5. The van der Waals surface area contributed by atoms with Crippen molar-refractivity contribution in [1.82, 2.24) is 19.4 Å². The fourth-order valence-corrected chi connectivity index (χ4v) is 2.70. The van der Waals surface area contributed by atoms with E-state index in [9.17, 15) is 0 Å². The molecule has 0 spiro atoms. The summed E-state index contributed by atoms with van der Waals surface area (Å²) in [5.41, 5.74) is 8.01. The van der Waals surface area contributed by atoms with Crippen LogP contribution < -0.4 is 11.1 Å². The molecule has 3 aromatic rings. The Kier molecular flexibility index (Phi) is 3.60. The molecule has 0 radical (unpaired) electrons. The number of benzene rings is 1. The van der Waals surface area contributed by atoms with Crippen LogP contribution in [0.4, 0.5) is 10.8 Å². The van der Waals surface area contributed by atoms with E-state index in [4.69, 9.17) is 5.73 Å².